The van der Waals surface area contributed by atoms with Crippen LogP contribution in [0.2, 0.25) is 0 Å². The van der Waals surface area contributed by atoms with Crippen LogP contribution in [0.3, 0.4) is 0 Å². The van der Waals surface area contributed by atoms with Crippen LogP contribution >= 0.6 is 0 Å². The average molecular weight is 974 g/mol. The summed E-state index contributed by atoms with van der Waals surface area (Å²) < 4.78 is 0. The zero-order valence-electron chi connectivity index (χ0n) is 45.5. The van der Waals surface area contributed by atoms with Gasteiger partial charge in [0, 0.05) is 45.5 Å². The van der Waals surface area contributed by atoms with E-state index >= 15 is 0 Å². The van der Waals surface area contributed by atoms with Crippen molar-refractivity contribution in [3.05, 3.63) is 228 Å². The third-order valence-corrected chi connectivity index (χ3v) is 17.9. The molecule has 0 saturated heterocycles. The molecule has 13 rings (SSSR count). The lowest BCUT2D eigenvalue weighted by Gasteiger charge is -2.47. The Balaban J connectivity index is 1.20. The van der Waals surface area contributed by atoms with Crippen molar-refractivity contribution in [3.8, 4) is 22.3 Å². The predicted octanol–water partition coefficient (Wildman–Crippen LogP) is 17.5. The smallest absolute Gasteiger partial charge is 0.252 e. The number of hydrogen-bond donors (Lipinski definition) is 0. The van der Waals surface area contributed by atoms with Crippen LogP contribution in [0.4, 0.5) is 51.2 Å². The molecule has 0 fully saturated rings. The van der Waals surface area contributed by atoms with E-state index < -0.39 is 0 Å². The first kappa shape index (κ1) is 47.2. The Morgan fingerprint density at radius 2 is 0.773 bits per heavy atom. The predicted molar refractivity (Wildman–Crippen MR) is 321 cm³/mol. The minimum Gasteiger partial charge on any atom is -0.311 e. The van der Waals surface area contributed by atoms with Crippen molar-refractivity contribution in [2.45, 2.75) is 110 Å². The summed E-state index contributed by atoms with van der Waals surface area (Å²) in [5, 5.41) is 0. The molecule has 0 N–H and O–H groups in total. The molecule has 2 aliphatic heterocycles. The first-order valence-electron chi connectivity index (χ1n) is 27.4. The van der Waals surface area contributed by atoms with E-state index in [9.17, 15) is 0 Å². The van der Waals surface area contributed by atoms with Gasteiger partial charge in [-0.1, -0.05) is 189 Å². The number of nitrogens with zero attached hydrogens (tertiary/aromatic N) is 3. The van der Waals surface area contributed by atoms with Crippen LogP contribution in [0.15, 0.2) is 194 Å². The normalized spacial score (nSPS) is 16.9. The highest BCUT2D eigenvalue weighted by molar-refractivity contribution is 7.00. The molecular formula is C71H68BN3. The Morgan fingerprint density at radius 3 is 1.32 bits per heavy atom. The summed E-state index contributed by atoms with van der Waals surface area (Å²) >= 11 is 0. The fourth-order valence-corrected chi connectivity index (χ4v) is 14.1. The van der Waals surface area contributed by atoms with E-state index in [0.717, 1.165) is 29.9 Å². The molecule has 3 nitrogen and oxygen atoms in total. The molecule has 2 aliphatic carbocycles. The van der Waals surface area contributed by atoms with Gasteiger partial charge >= 0.3 is 0 Å². The van der Waals surface area contributed by atoms with Gasteiger partial charge in [0.1, 0.15) is 0 Å². The van der Waals surface area contributed by atoms with E-state index in [1.807, 2.05) is 0 Å². The fourth-order valence-electron chi connectivity index (χ4n) is 14.1. The molecule has 9 aromatic rings. The Labute approximate surface area is 446 Å². The molecular weight excluding hydrogens is 906 g/mol. The minimum absolute atomic E-state index is 0.00452. The Bertz CT molecular complexity index is 3680. The van der Waals surface area contributed by atoms with Gasteiger partial charge in [0.15, 0.2) is 0 Å². The zero-order chi connectivity index (χ0) is 51.8. The molecule has 0 unspecified atom stereocenters. The molecule has 75 heavy (non-hydrogen) atoms. The van der Waals surface area contributed by atoms with Gasteiger partial charge < -0.3 is 14.7 Å². The first-order valence-corrected chi connectivity index (χ1v) is 27.4. The number of benzene rings is 9. The van der Waals surface area contributed by atoms with Crippen LogP contribution in [-0.4, -0.2) is 6.71 Å². The quantitative estimate of drug-likeness (QED) is 0.147. The third-order valence-electron chi connectivity index (χ3n) is 17.9. The SMILES string of the molecule is Cc1ccc(-c2ccccc2)cc1N1c2cc(-c3ccccc3)ccc2B2c3cc4c(cc3N(c3cc5c(cc3C)C(C)(C)CCC5(C)C)c3cc(N(c5ccccc5)c5ccccc5)cc1c32)C(C)(C)CC4(C)C. The van der Waals surface area contributed by atoms with Crippen LogP contribution in [0.5, 0.6) is 0 Å². The molecule has 0 radical (unpaired) electrons. The molecule has 4 heteroatoms. The highest BCUT2D eigenvalue weighted by Gasteiger charge is 2.49. The summed E-state index contributed by atoms with van der Waals surface area (Å²) in [5.41, 5.74) is 28.1. The summed E-state index contributed by atoms with van der Waals surface area (Å²) in [7, 11) is 0. The third kappa shape index (κ3) is 7.53. The van der Waals surface area contributed by atoms with Crippen LogP contribution in [0.25, 0.3) is 22.3 Å². The van der Waals surface area contributed by atoms with Crippen LogP contribution in [-0.2, 0) is 21.7 Å². The van der Waals surface area contributed by atoms with Crippen molar-refractivity contribution in [1.82, 2.24) is 0 Å². The van der Waals surface area contributed by atoms with Gasteiger partial charge in [-0.25, -0.2) is 0 Å². The van der Waals surface area contributed by atoms with Crippen molar-refractivity contribution < 1.29 is 0 Å². The summed E-state index contributed by atoms with van der Waals surface area (Å²) in [4.78, 5) is 7.85. The number of aryl methyl sites for hydroxylation is 2. The highest BCUT2D eigenvalue weighted by Crippen LogP contribution is 2.56. The second kappa shape index (κ2) is 17.0. The maximum Gasteiger partial charge on any atom is 0.252 e. The monoisotopic (exact) mass is 974 g/mol. The lowest BCUT2D eigenvalue weighted by Crippen LogP contribution is -2.61. The van der Waals surface area contributed by atoms with Crippen molar-refractivity contribution in [3.63, 3.8) is 0 Å². The van der Waals surface area contributed by atoms with E-state index in [4.69, 9.17) is 0 Å². The van der Waals surface area contributed by atoms with Gasteiger partial charge in [0.25, 0.3) is 6.71 Å². The number of para-hydroxylation sites is 2. The van der Waals surface area contributed by atoms with Gasteiger partial charge in [0.05, 0.1) is 5.69 Å². The minimum atomic E-state index is -0.0518. The summed E-state index contributed by atoms with van der Waals surface area (Å²) in [6.07, 6.45) is 3.42. The van der Waals surface area contributed by atoms with E-state index in [2.05, 4.69) is 278 Å². The summed E-state index contributed by atoms with van der Waals surface area (Å²) in [5.74, 6) is 0. The molecule has 370 valence electrons. The number of fused-ring (bicyclic) bond motifs is 6. The Morgan fingerprint density at radius 1 is 0.347 bits per heavy atom. The number of hydrogen-bond acceptors (Lipinski definition) is 3. The van der Waals surface area contributed by atoms with Gasteiger partial charge in [-0.15, -0.1) is 0 Å². The maximum atomic E-state index is 2.73. The lowest BCUT2D eigenvalue weighted by molar-refractivity contribution is 0.332. The molecule has 0 atom stereocenters. The Hall–Kier alpha value is -7.56. The summed E-state index contributed by atoms with van der Waals surface area (Å²) in [6.45, 7) is 24.4. The Kier molecular flexibility index (Phi) is 10.7. The standard InChI is InChI=1S/C71H68BN3/c1-46-31-32-50(48-23-15-11-16-24-48)38-61(46)74-63-39-51(49-25-17-12-18-26-49)33-34-59(63)72-60-42-56-58(71(9,10)45-70(56,7)8)44-64(60)75(62-43-57-55(37-47(62)2)68(3,4)35-36-69(57,5)6)66-41-54(40-65(74)67(66)72)73(52-27-19-13-20-28-52)53-29-21-14-22-30-53/h11-34,37-44H,35-36,45H2,1-10H3. The van der Waals surface area contributed by atoms with Gasteiger partial charge in [0.2, 0.25) is 0 Å². The van der Waals surface area contributed by atoms with Crippen LogP contribution < -0.4 is 31.1 Å². The van der Waals surface area contributed by atoms with Crippen molar-refractivity contribution >= 4 is 74.3 Å². The van der Waals surface area contributed by atoms with Crippen LogP contribution in [0, 0.1) is 13.8 Å². The molecule has 0 saturated carbocycles. The van der Waals surface area contributed by atoms with E-state index in [1.54, 1.807) is 0 Å². The first-order chi connectivity index (χ1) is 36.0. The number of rotatable bonds is 7. The molecule has 0 spiro atoms. The molecule has 9 aromatic carbocycles. The van der Waals surface area contributed by atoms with Crippen molar-refractivity contribution in [1.29, 1.82) is 0 Å². The van der Waals surface area contributed by atoms with Crippen molar-refractivity contribution in [2.75, 3.05) is 14.7 Å². The largest absolute Gasteiger partial charge is 0.311 e. The molecule has 0 bridgehead atoms. The summed E-state index contributed by atoms with van der Waals surface area (Å²) in [6, 6.07) is 73.8. The average Bonchev–Trinajstić information content (AvgIpc) is 3.63. The number of anilines is 9. The molecule has 2 heterocycles. The van der Waals surface area contributed by atoms with Gasteiger partial charge in [-0.2, -0.15) is 0 Å². The topological polar surface area (TPSA) is 9.72 Å². The van der Waals surface area contributed by atoms with E-state index in [1.165, 1.54) is 113 Å². The fraction of sp³-hybridized carbons (Fsp3) is 0.239. The van der Waals surface area contributed by atoms with Crippen LogP contribution in [0.1, 0.15) is 108 Å². The molecule has 0 amide bonds. The van der Waals surface area contributed by atoms with Gasteiger partial charge in [-0.3, -0.25) is 0 Å². The molecule has 0 aromatic heterocycles. The highest BCUT2D eigenvalue weighted by atomic mass is 15.2. The maximum absolute atomic E-state index is 2.73. The van der Waals surface area contributed by atoms with E-state index in [0.29, 0.717) is 0 Å². The van der Waals surface area contributed by atoms with E-state index in [-0.39, 0.29) is 28.4 Å². The molecule has 4 aliphatic rings. The van der Waals surface area contributed by atoms with Gasteiger partial charge in [-0.05, 0) is 187 Å². The zero-order valence-corrected chi connectivity index (χ0v) is 45.5. The second-order valence-corrected chi connectivity index (χ2v) is 24.9. The lowest BCUT2D eigenvalue weighted by atomic mass is 9.33. The second-order valence-electron chi connectivity index (χ2n) is 24.9. The van der Waals surface area contributed by atoms with Crippen molar-refractivity contribution in [2.24, 2.45) is 0 Å².